The van der Waals surface area contributed by atoms with Crippen molar-refractivity contribution in [1.29, 1.82) is 0 Å². The zero-order valence-corrected chi connectivity index (χ0v) is 20.9. The second-order valence-corrected chi connectivity index (χ2v) is 11.7. The van der Waals surface area contributed by atoms with E-state index in [-0.39, 0.29) is 16.7 Å². The zero-order valence-electron chi connectivity index (χ0n) is 19.2. The predicted molar refractivity (Wildman–Crippen MR) is 128 cm³/mol. The number of aromatic nitrogens is 2. The van der Waals surface area contributed by atoms with Crippen molar-refractivity contribution in [2.45, 2.75) is 67.3 Å². The molecule has 0 N–H and O–H groups in total. The van der Waals surface area contributed by atoms with E-state index in [1.54, 1.807) is 25.2 Å². The summed E-state index contributed by atoms with van der Waals surface area (Å²) in [5, 5.41) is 0.654. The molecule has 1 aromatic heterocycles. The van der Waals surface area contributed by atoms with Gasteiger partial charge in [0.1, 0.15) is 0 Å². The summed E-state index contributed by atoms with van der Waals surface area (Å²) < 4.78 is 70.1. The zero-order chi connectivity index (χ0) is 24.5. The summed E-state index contributed by atoms with van der Waals surface area (Å²) in [5.41, 5.74) is 1.71. The predicted octanol–water partition coefficient (Wildman–Crippen LogP) is 6.28. The molecule has 1 fully saturated rings. The molecular formula is C24H28F3N3O2S2. The van der Waals surface area contributed by atoms with Gasteiger partial charge in [0, 0.05) is 25.4 Å². The SMILES string of the molecule is CCCCN(C)S(=O)(=O)c1ccc2c(c1)nc(SCc1cc(F)c(F)c(F)c1)n2C1CCCC1. The number of sulfonamides is 1. The molecule has 2 aromatic carbocycles. The van der Waals surface area contributed by atoms with Crippen LogP contribution in [0.2, 0.25) is 0 Å². The van der Waals surface area contributed by atoms with E-state index in [9.17, 15) is 21.6 Å². The number of unbranched alkanes of at least 4 members (excludes halogenated alkanes) is 1. The number of hydrogen-bond donors (Lipinski definition) is 0. The third-order valence-electron chi connectivity index (χ3n) is 6.26. The number of hydrogen-bond acceptors (Lipinski definition) is 4. The monoisotopic (exact) mass is 511 g/mol. The van der Waals surface area contributed by atoms with E-state index in [0.29, 0.717) is 22.8 Å². The molecule has 184 valence electrons. The van der Waals surface area contributed by atoms with Gasteiger partial charge in [-0.25, -0.2) is 30.9 Å². The highest BCUT2D eigenvalue weighted by Crippen LogP contribution is 2.38. The van der Waals surface area contributed by atoms with E-state index in [4.69, 9.17) is 4.98 Å². The summed E-state index contributed by atoms with van der Waals surface area (Å²) in [6.07, 6.45) is 5.83. The van der Waals surface area contributed by atoms with Crippen molar-refractivity contribution in [3.63, 3.8) is 0 Å². The van der Waals surface area contributed by atoms with E-state index in [0.717, 1.165) is 56.2 Å². The van der Waals surface area contributed by atoms with Crippen LogP contribution in [0.25, 0.3) is 11.0 Å². The van der Waals surface area contributed by atoms with E-state index < -0.39 is 27.5 Å². The number of imidazole rings is 1. The lowest BCUT2D eigenvalue weighted by Crippen LogP contribution is -2.27. The first kappa shape index (κ1) is 25.1. The van der Waals surface area contributed by atoms with Crippen LogP contribution in [0.1, 0.15) is 57.1 Å². The lowest BCUT2D eigenvalue weighted by atomic mass is 10.2. The van der Waals surface area contributed by atoms with Crippen LogP contribution in [0.5, 0.6) is 0 Å². The quantitative estimate of drug-likeness (QED) is 0.251. The molecular weight excluding hydrogens is 483 g/mol. The molecule has 0 saturated heterocycles. The van der Waals surface area contributed by atoms with Gasteiger partial charge in [0.15, 0.2) is 22.6 Å². The van der Waals surface area contributed by atoms with Crippen molar-refractivity contribution in [3.05, 3.63) is 53.3 Å². The highest BCUT2D eigenvalue weighted by molar-refractivity contribution is 7.98. The van der Waals surface area contributed by atoms with Crippen LogP contribution in [0.3, 0.4) is 0 Å². The minimum atomic E-state index is -3.64. The molecule has 0 amide bonds. The second kappa shape index (κ2) is 10.3. The maximum absolute atomic E-state index is 13.7. The van der Waals surface area contributed by atoms with E-state index in [1.165, 1.54) is 16.1 Å². The van der Waals surface area contributed by atoms with Crippen LogP contribution >= 0.6 is 11.8 Å². The third-order valence-corrected chi connectivity index (χ3v) is 9.14. The summed E-state index contributed by atoms with van der Waals surface area (Å²) >= 11 is 1.30. The number of thioether (sulfide) groups is 1. The third kappa shape index (κ3) is 4.99. The van der Waals surface area contributed by atoms with E-state index >= 15 is 0 Å². The van der Waals surface area contributed by atoms with Crippen molar-refractivity contribution in [2.24, 2.45) is 0 Å². The fourth-order valence-corrected chi connectivity index (χ4v) is 6.60. The number of nitrogens with zero attached hydrogens (tertiary/aromatic N) is 3. The topological polar surface area (TPSA) is 55.2 Å². The molecule has 1 heterocycles. The summed E-state index contributed by atoms with van der Waals surface area (Å²) in [4.78, 5) is 4.90. The molecule has 0 radical (unpaired) electrons. The molecule has 0 spiro atoms. The molecule has 4 rings (SSSR count). The van der Waals surface area contributed by atoms with Gasteiger partial charge in [0.05, 0.1) is 15.9 Å². The first-order valence-corrected chi connectivity index (χ1v) is 13.9. The van der Waals surface area contributed by atoms with Crippen LogP contribution < -0.4 is 0 Å². The van der Waals surface area contributed by atoms with Crippen LogP contribution in [0, 0.1) is 17.5 Å². The number of rotatable bonds is 9. The normalized spacial score (nSPS) is 15.1. The lowest BCUT2D eigenvalue weighted by molar-refractivity contribution is 0.446. The van der Waals surface area contributed by atoms with Gasteiger partial charge in [-0.2, -0.15) is 0 Å². The largest absolute Gasteiger partial charge is 0.316 e. The Hall–Kier alpha value is -2.04. The van der Waals surface area contributed by atoms with Crippen LogP contribution in [0.15, 0.2) is 40.4 Å². The molecule has 5 nitrogen and oxygen atoms in total. The summed E-state index contributed by atoms with van der Waals surface area (Å²) in [7, 11) is -2.06. The van der Waals surface area contributed by atoms with Gasteiger partial charge in [-0.05, 0) is 55.2 Å². The second-order valence-electron chi connectivity index (χ2n) is 8.70. The van der Waals surface area contributed by atoms with Crippen molar-refractivity contribution in [3.8, 4) is 0 Å². The van der Waals surface area contributed by atoms with Gasteiger partial charge in [-0.1, -0.05) is 37.9 Å². The van der Waals surface area contributed by atoms with Crippen molar-refractivity contribution < 1.29 is 21.6 Å². The fourth-order valence-electron chi connectivity index (χ4n) is 4.35. The Morgan fingerprint density at radius 3 is 2.44 bits per heavy atom. The molecule has 0 atom stereocenters. The lowest BCUT2D eigenvalue weighted by Gasteiger charge is -2.18. The molecule has 1 saturated carbocycles. The molecule has 34 heavy (non-hydrogen) atoms. The number of fused-ring (bicyclic) bond motifs is 1. The van der Waals surface area contributed by atoms with Gasteiger partial charge in [-0.15, -0.1) is 0 Å². The minimum Gasteiger partial charge on any atom is -0.316 e. The average molecular weight is 512 g/mol. The van der Waals surface area contributed by atoms with Crippen molar-refractivity contribution in [1.82, 2.24) is 13.9 Å². The number of halogens is 3. The Labute approximate surface area is 202 Å². The molecule has 3 aromatic rings. The highest BCUT2D eigenvalue weighted by atomic mass is 32.2. The maximum atomic E-state index is 13.7. The molecule has 0 aliphatic heterocycles. The fraction of sp³-hybridized carbons (Fsp3) is 0.458. The number of benzene rings is 2. The van der Waals surface area contributed by atoms with Gasteiger partial charge in [0.25, 0.3) is 0 Å². The minimum absolute atomic E-state index is 0.189. The Morgan fingerprint density at radius 2 is 1.79 bits per heavy atom. The molecule has 0 unspecified atom stereocenters. The van der Waals surface area contributed by atoms with Crippen LogP contribution in [0.4, 0.5) is 13.2 Å². The van der Waals surface area contributed by atoms with Gasteiger partial charge < -0.3 is 4.57 Å². The molecule has 1 aliphatic carbocycles. The highest BCUT2D eigenvalue weighted by Gasteiger charge is 2.26. The summed E-state index contributed by atoms with van der Waals surface area (Å²) in [6.45, 7) is 2.45. The van der Waals surface area contributed by atoms with Crippen LogP contribution in [-0.2, 0) is 15.8 Å². The van der Waals surface area contributed by atoms with E-state index in [2.05, 4.69) is 4.57 Å². The first-order valence-electron chi connectivity index (χ1n) is 11.5. The van der Waals surface area contributed by atoms with Crippen LogP contribution in [-0.4, -0.2) is 35.9 Å². The first-order chi connectivity index (χ1) is 16.2. The van der Waals surface area contributed by atoms with E-state index in [1.807, 2.05) is 6.92 Å². The summed E-state index contributed by atoms with van der Waals surface area (Å²) in [5.74, 6) is -3.72. The molecule has 10 heteroatoms. The average Bonchev–Trinajstić information content (AvgIpc) is 3.46. The Bertz CT molecular complexity index is 1270. The molecule has 1 aliphatic rings. The maximum Gasteiger partial charge on any atom is 0.242 e. The Kier molecular flexibility index (Phi) is 7.59. The summed E-state index contributed by atoms with van der Waals surface area (Å²) in [6, 6.07) is 7.22. The van der Waals surface area contributed by atoms with Gasteiger partial charge >= 0.3 is 0 Å². The van der Waals surface area contributed by atoms with Gasteiger partial charge in [0.2, 0.25) is 10.0 Å². The Morgan fingerprint density at radius 1 is 1.12 bits per heavy atom. The smallest absolute Gasteiger partial charge is 0.242 e. The molecule has 0 bridgehead atoms. The van der Waals surface area contributed by atoms with Gasteiger partial charge in [-0.3, -0.25) is 0 Å². The van der Waals surface area contributed by atoms with Crippen molar-refractivity contribution in [2.75, 3.05) is 13.6 Å². The standard InChI is InChI=1S/C24H28F3N3O2S2/c1-3-4-11-29(2)34(31,32)18-9-10-22-21(14-18)28-24(30(22)17-7-5-6-8-17)33-15-16-12-19(25)23(27)20(26)13-16/h9-10,12-14,17H,3-8,11,15H2,1-2H3. The van der Waals surface area contributed by atoms with Crippen molar-refractivity contribution >= 4 is 32.8 Å². The Balaban J connectivity index is 1.69.